The summed E-state index contributed by atoms with van der Waals surface area (Å²) < 4.78 is 65.2. The molecule has 208 valence electrons. The zero-order valence-electron chi connectivity index (χ0n) is 21.4. The number of hydrogen-bond acceptors (Lipinski definition) is 6. The van der Waals surface area contributed by atoms with Crippen LogP contribution in [-0.4, -0.2) is 79.8 Å². The number of amides is 2. The molecule has 2 aliphatic rings. The molecule has 0 saturated carbocycles. The van der Waals surface area contributed by atoms with Crippen LogP contribution < -0.4 is 15.0 Å². The zero-order valence-corrected chi connectivity index (χ0v) is 21.4. The summed E-state index contributed by atoms with van der Waals surface area (Å²) in [5.41, 5.74) is 1.82. The van der Waals surface area contributed by atoms with Gasteiger partial charge in [0.15, 0.2) is 0 Å². The van der Waals surface area contributed by atoms with Gasteiger partial charge in [0.25, 0.3) is 0 Å². The Morgan fingerprint density at radius 1 is 1.24 bits per heavy atom. The van der Waals surface area contributed by atoms with Crippen molar-refractivity contribution in [3.05, 3.63) is 35.6 Å². The van der Waals surface area contributed by atoms with Gasteiger partial charge < -0.3 is 29.7 Å². The number of benzene rings is 1. The van der Waals surface area contributed by atoms with E-state index in [1.165, 1.54) is 17.0 Å². The van der Waals surface area contributed by atoms with Crippen molar-refractivity contribution >= 4 is 17.5 Å². The highest BCUT2D eigenvalue weighted by Crippen LogP contribution is 2.37. The quantitative estimate of drug-likeness (QED) is 0.505. The number of carbonyl (C=O) groups is 1. The van der Waals surface area contributed by atoms with Crippen LogP contribution in [0.1, 0.15) is 18.9 Å². The first-order valence-corrected chi connectivity index (χ1v) is 12.6. The molecule has 0 bridgehead atoms. The van der Waals surface area contributed by atoms with E-state index in [-0.39, 0.29) is 44.3 Å². The zero-order chi connectivity index (χ0) is 27.4. The topological polar surface area (TPSA) is 87.2 Å². The van der Waals surface area contributed by atoms with E-state index in [9.17, 15) is 27.5 Å². The van der Waals surface area contributed by atoms with Gasteiger partial charge in [-0.15, -0.1) is 0 Å². The van der Waals surface area contributed by atoms with Crippen LogP contribution in [0.2, 0.25) is 0 Å². The second kappa shape index (κ2) is 11.7. The largest absolute Gasteiger partial charge is 0.475 e. The average Bonchev–Trinajstić information content (AvgIpc) is 3.38. The number of aryl methyl sites for hydroxylation is 1. The molecule has 2 aromatic rings. The van der Waals surface area contributed by atoms with Crippen LogP contribution in [0.15, 0.2) is 24.3 Å². The molecule has 38 heavy (non-hydrogen) atoms. The predicted octanol–water partition coefficient (Wildman–Crippen LogP) is 4.46. The monoisotopic (exact) mass is 540 g/mol. The van der Waals surface area contributed by atoms with E-state index in [0.717, 1.165) is 6.92 Å². The van der Waals surface area contributed by atoms with Gasteiger partial charge in [-0.3, -0.25) is 0 Å². The normalized spacial score (nSPS) is 19.0. The lowest BCUT2D eigenvalue weighted by molar-refractivity contribution is -0.182. The number of aliphatic hydroxyl groups is 1. The Labute approximate surface area is 218 Å². The molecular weight excluding hydrogens is 508 g/mol. The van der Waals surface area contributed by atoms with E-state index >= 15 is 0 Å². The van der Waals surface area contributed by atoms with Crippen molar-refractivity contribution in [2.45, 2.75) is 26.4 Å². The average molecular weight is 541 g/mol. The van der Waals surface area contributed by atoms with Gasteiger partial charge in [0, 0.05) is 32.2 Å². The molecule has 1 unspecified atom stereocenters. The maximum Gasteiger partial charge on any atom is 0.391 e. The van der Waals surface area contributed by atoms with Gasteiger partial charge in [0.2, 0.25) is 5.88 Å². The summed E-state index contributed by atoms with van der Waals surface area (Å²) in [6, 6.07) is 5.67. The number of rotatable bonds is 7. The van der Waals surface area contributed by atoms with Crippen molar-refractivity contribution in [2.24, 2.45) is 11.8 Å². The van der Waals surface area contributed by atoms with E-state index < -0.39 is 29.9 Å². The fourth-order valence-corrected chi connectivity index (χ4v) is 4.75. The number of ether oxygens (including phenoxy) is 2. The first-order valence-electron chi connectivity index (χ1n) is 12.6. The minimum Gasteiger partial charge on any atom is -0.475 e. The number of halogens is 4. The summed E-state index contributed by atoms with van der Waals surface area (Å²) in [4.78, 5) is 20.7. The third-order valence-corrected chi connectivity index (χ3v) is 7.07. The number of anilines is 2. The van der Waals surface area contributed by atoms with E-state index in [1.54, 1.807) is 13.0 Å². The number of urea groups is 1. The van der Waals surface area contributed by atoms with Crippen LogP contribution in [-0.2, 0) is 4.74 Å². The molecule has 3 heterocycles. The highest BCUT2D eigenvalue weighted by Gasteiger charge is 2.44. The highest BCUT2D eigenvalue weighted by molar-refractivity contribution is 5.91. The Kier molecular flexibility index (Phi) is 8.61. The first-order chi connectivity index (χ1) is 18.1. The lowest BCUT2D eigenvalue weighted by atomic mass is 9.93. The second-order valence-electron chi connectivity index (χ2n) is 9.63. The molecule has 2 aliphatic heterocycles. The summed E-state index contributed by atoms with van der Waals surface area (Å²) in [5, 5.41) is 11.7. The Balaban J connectivity index is 1.58. The lowest BCUT2D eigenvalue weighted by Crippen LogP contribution is -2.36. The number of likely N-dealkylation sites (tertiary alicyclic amines) is 1. The van der Waals surface area contributed by atoms with Crippen molar-refractivity contribution in [2.75, 3.05) is 62.8 Å². The molecule has 0 spiro atoms. The van der Waals surface area contributed by atoms with Gasteiger partial charge in [-0.05, 0) is 54.2 Å². The van der Waals surface area contributed by atoms with E-state index in [4.69, 9.17) is 9.47 Å². The maximum atomic E-state index is 14.9. The summed E-state index contributed by atoms with van der Waals surface area (Å²) in [5.74, 6) is -1.97. The Hall–Kier alpha value is -3.12. The van der Waals surface area contributed by atoms with Gasteiger partial charge in [0.05, 0.1) is 31.4 Å². The molecule has 4 rings (SSSR count). The van der Waals surface area contributed by atoms with Gasteiger partial charge >= 0.3 is 12.2 Å². The highest BCUT2D eigenvalue weighted by atomic mass is 19.4. The number of aromatic nitrogens is 1. The van der Waals surface area contributed by atoms with Crippen LogP contribution in [0.25, 0.3) is 11.1 Å². The van der Waals surface area contributed by atoms with Gasteiger partial charge in [0.1, 0.15) is 18.2 Å². The Bertz CT molecular complexity index is 1140. The molecule has 12 heteroatoms. The van der Waals surface area contributed by atoms with Crippen LogP contribution in [0, 0.1) is 24.6 Å². The van der Waals surface area contributed by atoms with Crippen molar-refractivity contribution in [3.8, 4) is 17.0 Å². The first kappa shape index (κ1) is 27.9. The third-order valence-electron chi connectivity index (χ3n) is 7.07. The number of nitrogens with one attached hydrogen (secondary N) is 1. The molecule has 2 fully saturated rings. The predicted molar refractivity (Wildman–Crippen MR) is 134 cm³/mol. The second-order valence-corrected chi connectivity index (χ2v) is 9.63. The molecule has 0 aliphatic carbocycles. The standard InChI is InChI=1S/C26H32F4N4O4/c1-16-11-21(27)22(31-25(36)34-4-3-18(15-34)17(2)26(28,29)30)14-20(16)19-12-23(33-5-8-37-9-6-33)32-24(13-19)38-10-7-35/h11-14,17-18,35H,3-10,15H2,1-2H3,(H,31,36)/t17?,18-/m1/s1. The molecule has 0 radical (unpaired) electrons. The smallest absolute Gasteiger partial charge is 0.391 e. The number of aliphatic hydroxyl groups excluding tert-OH is 1. The van der Waals surface area contributed by atoms with Crippen molar-refractivity contribution in [1.82, 2.24) is 9.88 Å². The van der Waals surface area contributed by atoms with E-state index in [2.05, 4.69) is 10.3 Å². The third kappa shape index (κ3) is 6.47. The Morgan fingerprint density at radius 3 is 2.66 bits per heavy atom. The fourth-order valence-electron chi connectivity index (χ4n) is 4.75. The van der Waals surface area contributed by atoms with Gasteiger partial charge in [-0.2, -0.15) is 18.2 Å². The van der Waals surface area contributed by atoms with Gasteiger partial charge in [-0.1, -0.05) is 6.92 Å². The van der Waals surface area contributed by atoms with Crippen LogP contribution in [0.3, 0.4) is 0 Å². The van der Waals surface area contributed by atoms with Crippen LogP contribution in [0.4, 0.5) is 33.9 Å². The number of carbonyl (C=O) groups excluding carboxylic acids is 1. The summed E-state index contributed by atoms with van der Waals surface area (Å²) >= 11 is 0. The molecular formula is C26H32F4N4O4. The molecule has 2 amide bonds. The minimum atomic E-state index is -4.33. The Morgan fingerprint density at radius 2 is 1.97 bits per heavy atom. The number of pyridine rings is 1. The number of morpholine rings is 1. The maximum absolute atomic E-state index is 14.9. The summed E-state index contributed by atoms with van der Waals surface area (Å²) in [6.45, 7) is 5.17. The number of alkyl halides is 3. The van der Waals surface area contributed by atoms with Crippen LogP contribution >= 0.6 is 0 Å². The molecule has 8 nitrogen and oxygen atoms in total. The molecule has 2 saturated heterocycles. The minimum absolute atomic E-state index is 0.0481. The number of nitrogens with zero attached hydrogens (tertiary/aromatic N) is 3. The van der Waals surface area contributed by atoms with Crippen molar-refractivity contribution in [1.29, 1.82) is 0 Å². The van der Waals surface area contributed by atoms with Crippen molar-refractivity contribution in [3.63, 3.8) is 0 Å². The lowest BCUT2D eigenvalue weighted by Gasteiger charge is -2.28. The summed E-state index contributed by atoms with van der Waals surface area (Å²) in [7, 11) is 0. The van der Waals surface area contributed by atoms with Crippen LogP contribution in [0.5, 0.6) is 5.88 Å². The number of hydrogen-bond donors (Lipinski definition) is 2. The molecule has 2 N–H and O–H groups in total. The molecule has 1 aromatic carbocycles. The molecule has 1 aromatic heterocycles. The van der Waals surface area contributed by atoms with Crippen molar-refractivity contribution < 1.29 is 36.9 Å². The summed E-state index contributed by atoms with van der Waals surface area (Å²) in [6.07, 6.45) is -4.10. The fraction of sp³-hybridized carbons (Fsp3) is 0.538. The SMILES string of the molecule is Cc1cc(F)c(NC(=O)N2CC[C@@H](C(C)C(F)(F)F)C2)cc1-c1cc(OCCO)nc(N2CCOCC2)c1. The molecule has 2 atom stereocenters. The van der Waals surface area contributed by atoms with Gasteiger partial charge in [-0.25, -0.2) is 9.18 Å². The van der Waals surface area contributed by atoms with E-state index in [0.29, 0.717) is 48.8 Å². The van der Waals surface area contributed by atoms with E-state index in [1.807, 2.05) is 11.0 Å².